The maximum atomic E-state index is 11.9. The summed E-state index contributed by atoms with van der Waals surface area (Å²) < 4.78 is 7.11. The van der Waals surface area contributed by atoms with E-state index in [-0.39, 0.29) is 22.7 Å². The van der Waals surface area contributed by atoms with E-state index in [0.29, 0.717) is 18.3 Å². The lowest BCUT2D eigenvalue weighted by Gasteiger charge is -2.21. The monoisotopic (exact) mass is 269 g/mol. The predicted molar refractivity (Wildman–Crippen MR) is 69.1 cm³/mol. The van der Waals surface area contributed by atoms with E-state index in [1.807, 2.05) is 6.92 Å². The van der Waals surface area contributed by atoms with Crippen molar-refractivity contribution in [2.45, 2.75) is 51.0 Å². The molecule has 0 amide bonds. The Morgan fingerprint density at radius 1 is 1.61 bits per heavy atom. The molecule has 5 nitrogen and oxygen atoms in total. The van der Waals surface area contributed by atoms with Crippen LogP contribution in [0.5, 0.6) is 0 Å². The van der Waals surface area contributed by atoms with Gasteiger partial charge in [-0.2, -0.15) is 5.10 Å². The highest BCUT2D eigenvalue weighted by Gasteiger charge is 2.40. The summed E-state index contributed by atoms with van der Waals surface area (Å²) in [6.45, 7) is 2.39. The number of hydrogen-bond acceptors (Lipinski definition) is 4. The second-order valence-electron chi connectivity index (χ2n) is 4.85. The van der Waals surface area contributed by atoms with Crippen LogP contribution in [0.1, 0.15) is 26.2 Å². The standard InChI is InChI=1S/C12H16ClN3O2/c1-2-16-12(17)11(13)9(6-14-16)15-8-5-7-3-4-10(8)18-7/h6-8,10,15H,2-5H2,1H3. The van der Waals surface area contributed by atoms with E-state index in [1.54, 1.807) is 6.20 Å². The normalized spacial score (nSPS) is 29.8. The molecular weight excluding hydrogens is 254 g/mol. The Morgan fingerprint density at radius 2 is 2.44 bits per heavy atom. The van der Waals surface area contributed by atoms with Crippen LogP contribution in [-0.2, 0) is 11.3 Å². The van der Waals surface area contributed by atoms with Crippen LogP contribution in [0.4, 0.5) is 5.69 Å². The van der Waals surface area contributed by atoms with E-state index < -0.39 is 0 Å². The van der Waals surface area contributed by atoms with Gasteiger partial charge in [-0.1, -0.05) is 11.6 Å². The zero-order valence-electron chi connectivity index (χ0n) is 10.2. The molecule has 1 N–H and O–H groups in total. The Labute approximate surface area is 110 Å². The Bertz CT molecular complexity index is 517. The number of ether oxygens (including phenoxy) is 1. The second kappa shape index (κ2) is 4.55. The first-order valence-electron chi connectivity index (χ1n) is 6.36. The van der Waals surface area contributed by atoms with E-state index in [1.165, 1.54) is 4.68 Å². The molecule has 6 heteroatoms. The van der Waals surface area contributed by atoms with Crippen LogP contribution in [-0.4, -0.2) is 28.0 Å². The highest BCUT2D eigenvalue weighted by atomic mass is 35.5. The summed E-state index contributed by atoms with van der Waals surface area (Å²) in [5.41, 5.74) is 0.376. The molecule has 0 aromatic carbocycles. The molecule has 2 saturated heterocycles. The molecule has 2 aliphatic rings. The Kier molecular flexibility index (Phi) is 3.03. The first kappa shape index (κ1) is 12.0. The largest absolute Gasteiger partial charge is 0.377 e. The third kappa shape index (κ3) is 1.91. The molecule has 3 rings (SSSR count). The maximum Gasteiger partial charge on any atom is 0.287 e. The Balaban J connectivity index is 1.81. The van der Waals surface area contributed by atoms with Crippen LogP contribution in [0.3, 0.4) is 0 Å². The molecule has 98 valence electrons. The third-order valence-electron chi connectivity index (χ3n) is 3.73. The molecule has 0 saturated carbocycles. The predicted octanol–water partition coefficient (Wildman–Crippen LogP) is 1.65. The smallest absolute Gasteiger partial charge is 0.287 e. The van der Waals surface area contributed by atoms with Crippen LogP contribution in [0.25, 0.3) is 0 Å². The van der Waals surface area contributed by atoms with Gasteiger partial charge in [0.1, 0.15) is 5.02 Å². The summed E-state index contributed by atoms with van der Waals surface area (Å²) in [7, 11) is 0. The number of rotatable bonds is 3. The number of nitrogens with one attached hydrogen (secondary N) is 1. The summed E-state index contributed by atoms with van der Waals surface area (Å²) in [5, 5.41) is 7.60. The number of halogens is 1. The topological polar surface area (TPSA) is 56.1 Å². The van der Waals surface area contributed by atoms with Gasteiger partial charge in [-0.25, -0.2) is 4.68 Å². The van der Waals surface area contributed by atoms with E-state index in [9.17, 15) is 4.79 Å². The van der Waals surface area contributed by atoms with Gasteiger partial charge in [-0.15, -0.1) is 0 Å². The average molecular weight is 270 g/mol. The number of nitrogens with zero attached hydrogens (tertiary/aromatic N) is 2. The molecule has 2 aliphatic heterocycles. The van der Waals surface area contributed by atoms with Gasteiger partial charge in [0.05, 0.1) is 30.1 Å². The van der Waals surface area contributed by atoms with Gasteiger partial charge in [-0.05, 0) is 26.2 Å². The lowest BCUT2D eigenvalue weighted by molar-refractivity contribution is 0.102. The van der Waals surface area contributed by atoms with Crippen LogP contribution >= 0.6 is 11.6 Å². The van der Waals surface area contributed by atoms with Gasteiger partial charge in [0, 0.05) is 6.54 Å². The van der Waals surface area contributed by atoms with Crippen molar-refractivity contribution in [3.8, 4) is 0 Å². The Hall–Kier alpha value is -1.07. The van der Waals surface area contributed by atoms with Gasteiger partial charge in [0.15, 0.2) is 0 Å². The maximum absolute atomic E-state index is 11.9. The number of aromatic nitrogens is 2. The zero-order chi connectivity index (χ0) is 12.7. The molecule has 0 spiro atoms. The minimum absolute atomic E-state index is 0.217. The molecule has 1 aromatic heterocycles. The van der Waals surface area contributed by atoms with E-state index >= 15 is 0 Å². The van der Waals surface area contributed by atoms with E-state index in [2.05, 4.69) is 10.4 Å². The molecule has 3 atom stereocenters. The molecule has 0 radical (unpaired) electrons. The molecule has 2 bridgehead atoms. The average Bonchev–Trinajstić information content (AvgIpc) is 2.97. The fourth-order valence-corrected chi connectivity index (χ4v) is 2.98. The van der Waals surface area contributed by atoms with Crippen molar-refractivity contribution in [3.05, 3.63) is 21.6 Å². The third-order valence-corrected chi connectivity index (χ3v) is 4.10. The van der Waals surface area contributed by atoms with Crippen molar-refractivity contribution in [2.24, 2.45) is 0 Å². The zero-order valence-corrected chi connectivity index (χ0v) is 11.0. The number of hydrogen-bond donors (Lipinski definition) is 1. The van der Waals surface area contributed by atoms with Crippen molar-refractivity contribution in [2.75, 3.05) is 5.32 Å². The van der Waals surface area contributed by atoms with Crippen molar-refractivity contribution < 1.29 is 4.74 Å². The van der Waals surface area contributed by atoms with Crippen LogP contribution < -0.4 is 10.9 Å². The summed E-state index contributed by atoms with van der Waals surface area (Å²) >= 11 is 6.08. The Morgan fingerprint density at radius 3 is 3.06 bits per heavy atom. The summed E-state index contributed by atoms with van der Waals surface area (Å²) in [6, 6.07) is 0.250. The van der Waals surface area contributed by atoms with Crippen molar-refractivity contribution in [1.29, 1.82) is 0 Å². The number of fused-ring (bicyclic) bond motifs is 2. The van der Waals surface area contributed by atoms with Gasteiger partial charge >= 0.3 is 0 Å². The highest BCUT2D eigenvalue weighted by molar-refractivity contribution is 6.32. The van der Waals surface area contributed by atoms with Gasteiger partial charge in [0.25, 0.3) is 5.56 Å². The van der Waals surface area contributed by atoms with Crippen molar-refractivity contribution in [1.82, 2.24) is 9.78 Å². The first-order chi connectivity index (χ1) is 8.69. The summed E-state index contributed by atoms with van der Waals surface area (Å²) in [4.78, 5) is 11.9. The fraction of sp³-hybridized carbons (Fsp3) is 0.667. The molecule has 18 heavy (non-hydrogen) atoms. The van der Waals surface area contributed by atoms with Crippen LogP contribution in [0.15, 0.2) is 11.0 Å². The van der Waals surface area contributed by atoms with Crippen molar-refractivity contribution in [3.63, 3.8) is 0 Å². The molecule has 0 aliphatic carbocycles. The number of anilines is 1. The van der Waals surface area contributed by atoms with Crippen LogP contribution in [0.2, 0.25) is 5.02 Å². The molecule has 1 aromatic rings. The van der Waals surface area contributed by atoms with Crippen molar-refractivity contribution >= 4 is 17.3 Å². The molecule has 2 fully saturated rings. The number of aryl methyl sites for hydroxylation is 1. The minimum atomic E-state index is -0.242. The van der Waals surface area contributed by atoms with Gasteiger partial charge < -0.3 is 10.1 Å². The lowest BCUT2D eigenvalue weighted by Crippen LogP contribution is -2.32. The molecule has 3 unspecified atom stereocenters. The quantitative estimate of drug-likeness (QED) is 0.907. The van der Waals surface area contributed by atoms with Crippen LogP contribution in [0, 0.1) is 0 Å². The molecular formula is C12H16ClN3O2. The fourth-order valence-electron chi connectivity index (χ4n) is 2.78. The van der Waals surface area contributed by atoms with Gasteiger partial charge in [-0.3, -0.25) is 4.79 Å². The van der Waals surface area contributed by atoms with Gasteiger partial charge in [0.2, 0.25) is 0 Å². The lowest BCUT2D eigenvalue weighted by atomic mass is 9.95. The summed E-state index contributed by atoms with van der Waals surface area (Å²) in [5.74, 6) is 0. The minimum Gasteiger partial charge on any atom is -0.377 e. The highest BCUT2D eigenvalue weighted by Crippen LogP contribution is 2.36. The van der Waals surface area contributed by atoms with E-state index in [4.69, 9.17) is 16.3 Å². The van der Waals surface area contributed by atoms with E-state index in [0.717, 1.165) is 19.3 Å². The summed E-state index contributed by atoms with van der Waals surface area (Å²) in [6.07, 6.45) is 5.46. The second-order valence-corrected chi connectivity index (χ2v) is 5.23. The first-order valence-corrected chi connectivity index (χ1v) is 6.74. The SMILES string of the molecule is CCn1ncc(NC2CC3CCC2O3)c(Cl)c1=O. The molecule has 3 heterocycles.